The van der Waals surface area contributed by atoms with Gasteiger partial charge in [-0.2, -0.15) is 0 Å². The lowest BCUT2D eigenvalue weighted by Crippen LogP contribution is -2.20. The zero-order valence-corrected chi connectivity index (χ0v) is 4.22. The lowest BCUT2D eigenvalue weighted by atomic mass is 10.4. The fourth-order valence-corrected chi connectivity index (χ4v) is 0.198. The molecule has 2 N–H and O–H groups in total. The van der Waals surface area contributed by atoms with E-state index >= 15 is 0 Å². The van der Waals surface area contributed by atoms with E-state index in [1.807, 2.05) is 0 Å². The molecule has 0 radical (unpaired) electrons. The molecule has 0 amide bonds. The predicted octanol–water partition coefficient (Wildman–Crippen LogP) is -0.329. The monoisotopic (exact) mass is 124 g/mol. The van der Waals surface area contributed by atoms with Crippen molar-refractivity contribution >= 4 is 17.6 Å². The summed E-state index contributed by atoms with van der Waals surface area (Å²) in [6.45, 7) is 0. The molecule has 1 atom stereocenters. The second-order valence-corrected chi connectivity index (χ2v) is 1.32. The van der Waals surface area contributed by atoms with Gasteiger partial charge in [0.1, 0.15) is 0 Å². The Morgan fingerprint density at radius 2 is 2.29 bits per heavy atom. The van der Waals surface area contributed by atoms with Gasteiger partial charge in [-0.25, -0.2) is 4.79 Å². The van der Waals surface area contributed by atoms with E-state index in [2.05, 4.69) is 0 Å². The summed E-state index contributed by atoms with van der Waals surface area (Å²) < 4.78 is 0. The van der Waals surface area contributed by atoms with Crippen LogP contribution in [0.25, 0.3) is 0 Å². The molecule has 0 unspecified atom stereocenters. The van der Waals surface area contributed by atoms with Gasteiger partial charge in [0, 0.05) is 0 Å². The summed E-state index contributed by atoms with van der Waals surface area (Å²) >= 11 is 4.92. The third-order valence-electron chi connectivity index (χ3n) is 0.431. The van der Waals surface area contributed by atoms with Crippen LogP contribution in [0.4, 0.5) is 0 Å². The van der Waals surface area contributed by atoms with Crippen molar-refractivity contribution in [3.05, 3.63) is 0 Å². The average Bonchev–Trinajstić information content (AvgIpc) is 1.65. The van der Waals surface area contributed by atoms with E-state index in [0.29, 0.717) is 0 Å². The van der Waals surface area contributed by atoms with Crippen LogP contribution in [0.3, 0.4) is 0 Å². The van der Waals surface area contributed by atoms with Crippen LogP contribution in [-0.4, -0.2) is 28.2 Å². The maximum absolute atomic E-state index is 9.60. The molecule has 0 rings (SSSR count). The van der Waals surface area contributed by atoms with E-state index in [9.17, 15) is 4.79 Å². The minimum atomic E-state index is -1.42. The molecule has 0 aromatic heterocycles. The largest absolute Gasteiger partial charge is 0.479 e. The Morgan fingerprint density at radius 1 is 1.86 bits per heavy atom. The van der Waals surface area contributed by atoms with Crippen molar-refractivity contribution in [3.63, 3.8) is 0 Å². The van der Waals surface area contributed by atoms with E-state index in [1.54, 1.807) is 0 Å². The molecule has 4 heteroatoms. The molecule has 0 aromatic rings. The molecule has 0 aliphatic heterocycles. The van der Waals surface area contributed by atoms with Crippen LogP contribution in [0.15, 0.2) is 0 Å². The molecule has 0 bridgehead atoms. The zero-order valence-electron chi connectivity index (χ0n) is 3.47. The summed E-state index contributed by atoms with van der Waals surface area (Å²) in [5, 5.41) is 16.1. The molecule has 0 aliphatic carbocycles. The Labute approximate surface area is 45.5 Å². The van der Waals surface area contributed by atoms with Gasteiger partial charge in [0.25, 0.3) is 0 Å². The number of carbonyl (C=O) groups is 1. The molecule has 0 spiro atoms. The third-order valence-corrected chi connectivity index (χ3v) is 0.724. The van der Waals surface area contributed by atoms with E-state index in [4.69, 9.17) is 21.8 Å². The normalized spacial score (nSPS) is 13.4. The summed E-state index contributed by atoms with van der Waals surface area (Å²) in [6.07, 6.45) is -1.42. The highest BCUT2D eigenvalue weighted by molar-refractivity contribution is 6.19. The minimum Gasteiger partial charge on any atom is -0.479 e. The van der Waals surface area contributed by atoms with Gasteiger partial charge in [0.05, 0.1) is 5.88 Å². The minimum absolute atomic E-state index is 0.255. The van der Waals surface area contributed by atoms with Crippen molar-refractivity contribution in [1.82, 2.24) is 0 Å². The van der Waals surface area contributed by atoms with Gasteiger partial charge >= 0.3 is 5.97 Å². The van der Waals surface area contributed by atoms with Gasteiger partial charge in [-0.3, -0.25) is 0 Å². The van der Waals surface area contributed by atoms with Crippen molar-refractivity contribution in [1.29, 1.82) is 0 Å². The highest BCUT2D eigenvalue weighted by Crippen LogP contribution is 1.84. The molecule has 0 fully saturated rings. The Kier molecular flexibility index (Phi) is 2.71. The number of carboxylic acid groups (broad SMARTS) is 1. The summed E-state index contributed by atoms with van der Waals surface area (Å²) in [5.74, 6) is -1.54. The van der Waals surface area contributed by atoms with Crippen molar-refractivity contribution in [2.24, 2.45) is 0 Å². The van der Waals surface area contributed by atoms with Crippen molar-refractivity contribution in [2.45, 2.75) is 6.10 Å². The molecular formula is C3H5ClO3. The van der Waals surface area contributed by atoms with Crippen LogP contribution >= 0.6 is 11.6 Å². The number of halogens is 1. The number of carboxylic acids is 1. The summed E-state index contributed by atoms with van der Waals surface area (Å²) in [4.78, 5) is 9.60. The van der Waals surface area contributed by atoms with Gasteiger partial charge in [0.2, 0.25) is 0 Å². The molecular weight excluding hydrogens is 119 g/mol. The molecule has 7 heavy (non-hydrogen) atoms. The lowest BCUT2D eigenvalue weighted by molar-refractivity contribution is -0.145. The van der Waals surface area contributed by atoms with E-state index < -0.39 is 12.1 Å². The maximum atomic E-state index is 9.60. The SMILES string of the molecule is O=C(O)[C@H](O)CCl. The van der Waals surface area contributed by atoms with Gasteiger partial charge < -0.3 is 10.2 Å². The Bertz CT molecular complexity index is 72.6. The number of hydrogen-bond acceptors (Lipinski definition) is 2. The number of aliphatic hydroxyl groups is 1. The van der Waals surface area contributed by atoms with Crippen LogP contribution in [0.5, 0.6) is 0 Å². The van der Waals surface area contributed by atoms with Crippen LogP contribution in [0, 0.1) is 0 Å². The summed E-state index contributed by atoms with van der Waals surface area (Å²) in [7, 11) is 0. The van der Waals surface area contributed by atoms with Crippen molar-refractivity contribution < 1.29 is 15.0 Å². The summed E-state index contributed by atoms with van der Waals surface area (Å²) in [6, 6.07) is 0. The van der Waals surface area contributed by atoms with Crippen LogP contribution in [0.2, 0.25) is 0 Å². The number of hydrogen-bond donors (Lipinski definition) is 2. The Hall–Kier alpha value is -0.280. The van der Waals surface area contributed by atoms with Crippen molar-refractivity contribution in [2.75, 3.05) is 5.88 Å². The van der Waals surface area contributed by atoms with Crippen molar-refractivity contribution in [3.8, 4) is 0 Å². The molecule has 0 saturated carbocycles. The number of aliphatic carboxylic acids is 1. The number of alkyl halides is 1. The Balaban J connectivity index is 3.34. The Morgan fingerprint density at radius 3 is 2.29 bits per heavy atom. The maximum Gasteiger partial charge on any atom is 0.333 e. The first-order valence-corrected chi connectivity index (χ1v) is 2.18. The summed E-state index contributed by atoms with van der Waals surface area (Å²) in [5.41, 5.74) is 0. The molecule has 42 valence electrons. The quantitative estimate of drug-likeness (QED) is 0.496. The standard InChI is InChI=1S/C3H5ClO3/c4-1-2(5)3(6)7/h2,5H,1H2,(H,6,7)/t2-/m1/s1. The average molecular weight is 125 g/mol. The zero-order chi connectivity index (χ0) is 5.86. The van der Waals surface area contributed by atoms with E-state index in [1.165, 1.54) is 0 Å². The smallest absolute Gasteiger partial charge is 0.333 e. The second kappa shape index (κ2) is 2.82. The topological polar surface area (TPSA) is 57.5 Å². The molecule has 0 saturated heterocycles. The molecule has 0 aromatic carbocycles. The molecule has 3 nitrogen and oxygen atoms in total. The lowest BCUT2D eigenvalue weighted by Gasteiger charge is -1.94. The second-order valence-electron chi connectivity index (χ2n) is 1.01. The van der Waals surface area contributed by atoms with Gasteiger partial charge in [0.15, 0.2) is 6.10 Å². The van der Waals surface area contributed by atoms with Crippen LogP contribution < -0.4 is 0 Å². The highest BCUT2D eigenvalue weighted by Gasteiger charge is 2.08. The van der Waals surface area contributed by atoms with Crippen LogP contribution in [-0.2, 0) is 4.79 Å². The van der Waals surface area contributed by atoms with Gasteiger partial charge in [-0.15, -0.1) is 11.6 Å². The third kappa shape index (κ3) is 2.42. The molecule has 0 heterocycles. The first-order valence-electron chi connectivity index (χ1n) is 1.65. The van der Waals surface area contributed by atoms with Gasteiger partial charge in [-0.1, -0.05) is 0 Å². The first-order chi connectivity index (χ1) is 3.18. The van der Waals surface area contributed by atoms with Gasteiger partial charge in [-0.05, 0) is 0 Å². The van der Waals surface area contributed by atoms with Crippen LogP contribution in [0.1, 0.15) is 0 Å². The van der Waals surface area contributed by atoms with E-state index in [0.717, 1.165) is 0 Å². The number of aliphatic hydroxyl groups excluding tert-OH is 1. The van der Waals surface area contributed by atoms with E-state index in [-0.39, 0.29) is 5.88 Å². The fraction of sp³-hybridized carbons (Fsp3) is 0.667. The fourth-order valence-electron chi connectivity index (χ4n) is 0.0660. The highest BCUT2D eigenvalue weighted by atomic mass is 35.5. The molecule has 0 aliphatic rings. The first kappa shape index (κ1) is 6.72. The predicted molar refractivity (Wildman–Crippen MR) is 24.4 cm³/mol. The number of rotatable bonds is 2.